The lowest BCUT2D eigenvalue weighted by molar-refractivity contribution is 0.660. The van der Waals surface area contributed by atoms with Crippen molar-refractivity contribution in [2.75, 3.05) is 4.90 Å². The van der Waals surface area contributed by atoms with Crippen molar-refractivity contribution < 1.29 is 4.42 Å². The monoisotopic (exact) mass is 819 g/mol. The van der Waals surface area contributed by atoms with Gasteiger partial charge < -0.3 is 9.32 Å². The highest BCUT2D eigenvalue weighted by molar-refractivity contribution is 6.15. The van der Waals surface area contributed by atoms with Crippen molar-refractivity contribution in [1.29, 1.82) is 0 Å². The van der Waals surface area contributed by atoms with Crippen LogP contribution in [0.2, 0.25) is 0 Å². The van der Waals surface area contributed by atoms with Crippen molar-refractivity contribution in [3.8, 4) is 33.4 Å². The van der Waals surface area contributed by atoms with Crippen molar-refractivity contribution in [1.82, 2.24) is 0 Å². The fourth-order valence-corrected chi connectivity index (χ4v) is 11.3. The van der Waals surface area contributed by atoms with Crippen LogP contribution in [0, 0.1) is 0 Å². The van der Waals surface area contributed by atoms with Crippen LogP contribution in [0.15, 0.2) is 211 Å². The molecule has 0 saturated carbocycles. The van der Waals surface area contributed by atoms with Gasteiger partial charge in [0, 0.05) is 28.0 Å². The average Bonchev–Trinajstić information content (AvgIpc) is 3.95. The molecule has 2 aliphatic carbocycles. The van der Waals surface area contributed by atoms with E-state index in [0.29, 0.717) is 5.92 Å². The largest absolute Gasteiger partial charge is 0.456 e. The Morgan fingerprint density at radius 1 is 0.469 bits per heavy atom. The molecule has 304 valence electrons. The Morgan fingerprint density at radius 3 is 2.00 bits per heavy atom. The van der Waals surface area contributed by atoms with E-state index in [1.54, 1.807) is 0 Å². The highest BCUT2D eigenvalue weighted by Crippen LogP contribution is 2.56. The molecule has 0 radical (unpaired) electrons. The van der Waals surface area contributed by atoms with Crippen molar-refractivity contribution in [2.24, 2.45) is 0 Å². The lowest BCUT2D eigenvalue weighted by Crippen LogP contribution is -2.16. The van der Waals surface area contributed by atoms with Gasteiger partial charge in [-0.2, -0.15) is 0 Å². The Bertz CT molecular complexity index is 3670. The summed E-state index contributed by atoms with van der Waals surface area (Å²) in [6.45, 7) is 4.72. The van der Waals surface area contributed by atoms with Crippen LogP contribution < -0.4 is 4.90 Å². The summed E-state index contributed by atoms with van der Waals surface area (Å²) < 4.78 is 6.77. The molecule has 0 amide bonds. The van der Waals surface area contributed by atoms with E-state index in [0.717, 1.165) is 51.8 Å². The summed E-state index contributed by atoms with van der Waals surface area (Å²) in [5.41, 5.74) is 19.6. The molecule has 10 aromatic carbocycles. The maximum absolute atomic E-state index is 6.77. The standard InChI is InChI=1S/C62H45NO/c1-62(2)54-21-11-10-20-49(54)60-55(62)22-12-23-56(60)63(46-30-27-40-16-6-7-17-41(40)34-46)57-24-13-25-59-61(57)53-38-45(29-33-58(53)64-59)44-28-32-48-47(31-26-39-14-4-3-5-15-39)50-35-42-18-8-9-19-43(42)36-52(50)51(48)37-44/h3-25,27-30,32-38,47H,26,31H2,1-2H3. The zero-order valence-corrected chi connectivity index (χ0v) is 36.0. The molecule has 0 fully saturated rings. The van der Waals surface area contributed by atoms with Gasteiger partial charge >= 0.3 is 0 Å². The molecule has 1 unspecified atom stereocenters. The van der Waals surface area contributed by atoms with Crippen LogP contribution in [0.3, 0.4) is 0 Å². The van der Waals surface area contributed by atoms with E-state index >= 15 is 0 Å². The van der Waals surface area contributed by atoms with Gasteiger partial charge in [0.1, 0.15) is 11.2 Å². The van der Waals surface area contributed by atoms with E-state index in [2.05, 4.69) is 225 Å². The summed E-state index contributed by atoms with van der Waals surface area (Å²) in [5.74, 6) is 0.338. The van der Waals surface area contributed by atoms with Crippen LogP contribution in [-0.2, 0) is 11.8 Å². The molecule has 0 aliphatic heterocycles. The second-order valence-corrected chi connectivity index (χ2v) is 18.4. The maximum Gasteiger partial charge on any atom is 0.137 e. The molecule has 2 nitrogen and oxygen atoms in total. The van der Waals surface area contributed by atoms with Crippen LogP contribution in [0.25, 0.3) is 76.9 Å². The summed E-state index contributed by atoms with van der Waals surface area (Å²) in [6, 6.07) is 76.5. The van der Waals surface area contributed by atoms with Gasteiger partial charge in [-0.3, -0.25) is 0 Å². The molecule has 2 aliphatic rings. The molecule has 1 heterocycles. The first-order chi connectivity index (χ1) is 31.5. The number of hydrogen-bond donors (Lipinski definition) is 0. The van der Waals surface area contributed by atoms with Gasteiger partial charge in [0.25, 0.3) is 0 Å². The first kappa shape index (κ1) is 36.9. The second kappa shape index (κ2) is 14.2. The number of hydrogen-bond acceptors (Lipinski definition) is 2. The molecule has 0 spiro atoms. The van der Waals surface area contributed by atoms with E-state index in [-0.39, 0.29) is 5.41 Å². The number of furan rings is 1. The number of fused-ring (bicyclic) bond motifs is 11. The lowest BCUT2D eigenvalue weighted by atomic mass is 9.82. The molecule has 0 bridgehead atoms. The summed E-state index contributed by atoms with van der Waals surface area (Å²) in [6.07, 6.45) is 2.11. The molecule has 1 atom stereocenters. The molecule has 2 heteroatoms. The Balaban J connectivity index is 0.989. The number of nitrogens with zero attached hydrogens (tertiary/aromatic N) is 1. The Kier molecular flexibility index (Phi) is 8.18. The van der Waals surface area contributed by atoms with Gasteiger partial charge in [-0.25, -0.2) is 0 Å². The van der Waals surface area contributed by atoms with Crippen LogP contribution in [0.5, 0.6) is 0 Å². The van der Waals surface area contributed by atoms with Crippen LogP contribution >= 0.6 is 0 Å². The smallest absolute Gasteiger partial charge is 0.137 e. The van der Waals surface area contributed by atoms with Crippen molar-refractivity contribution >= 4 is 60.5 Å². The van der Waals surface area contributed by atoms with E-state index in [1.165, 1.54) is 82.7 Å². The van der Waals surface area contributed by atoms with E-state index < -0.39 is 0 Å². The Labute approximate surface area is 373 Å². The SMILES string of the molecule is CC1(C)c2ccccc2-c2c(N(c3ccc4ccccc4c3)c3cccc4oc5ccc(-c6ccc7c(c6)-c6cc8ccccc8cc6C7CCc6ccccc6)cc5c34)cccc21. The van der Waals surface area contributed by atoms with Gasteiger partial charge in [0.05, 0.1) is 16.8 Å². The summed E-state index contributed by atoms with van der Waals surface area (Å²) in [4.78, 5) is 2.49. The third-order valence-electron chi connectivity index (χ3n) is 14.4. The Morgan fingerprint density at radius 2 is 1.14 bits per heavy atom. The van der Waals surface area contributed by atoms with Crippen molar-refractivity contribution in [3.05, 3.63) is 234 Å². The molecule has 13 rings (SSSR count). The highest BCUT2D eigenvalue weighted by Gasteiger charge is 2.38. The van der Waals surface area contributed by atoms with Gasteiger partial charge in [-0.1, -0.05) is 159 Å². The van der Waals surface area contributed by atoms with Crippen molar-refractivity contribution in [3.63, 3.8) is 0 Å². The predicted molar refractivity (Wildman–Crippen MR) is 268 cm³/mol. The minimum absolute atomic E-state index is 0.133. The number of anilines is 3. The molecular weight excluding hydrogens is 775 g/mol. The minimum atomic E-state index is -0.133. The third-order valence-corrected chi connectivity index (χ3v) is 14.4. The summed E-state index contributed by atoms with van der Waals surface area (Å²) in [5, 5.41) is 7.23. The first-order valence-corrected chi connectivity index (χ1v) is 22.7. The average molecular weight is 820 g/mol. The van der Waals surface area contributed by atoms with Gasteiger partial charge in [-0.05, 0) is 151 Å². The van der Waals surface area contributed by atoms with E-state index in [9.17, 15) is 0 Å². The van der Waals surface area contributed by atoms with Crippen LogP contribution in [0.4, 0.5) is 17.1 Å². The fourth-order valence-electron chi connectivity index (χ4n) is 11.3. The van der Waals surface area contributed by atoms with E-state index in [4.69, 9.17) is 4.42 Å². The van der Waals surface area contributed by atoms with Gasteiger partial charge in [0.2, 0.25) is 0 Å². The second-order valence-electron chi connectivity index (χ2n) is 18.4. The summed E-state index contributed by atoms with van der Waals surface area (Å²) in [7, 11) is 0. The molecular formula is C62H45NO. The normalized spacial score (nSPS) is 14.5. The predicted octanol–water partition coefficient (Wildman–Crippen LogP) is 17.1. The quantitative estimate of drug-likeness (QED) is 0.159. The number of aryl methyl sites for hydroxylation is 1. The zero-order valence-electron chi connectivity index (χ0n) is 36.0. The summed E-state index contributed by atoms with van der Waals surface area (Å²) >= 11 is 0. The molecule has 0 N–H and O–H groups in total. The fraction of sp³-hybridized carbons (Fsp3) is 0.0968. The lowest BCUT2D eigenvalue weighted by Gasteiger charge is -2.29. The number of rotatable bonds is 7. The highest BCUT2D eigenvalue weighted by atomic mass is 16.3. The van der Waals surface area contributed by atoms with Gasteiger partial charge in [0.15, 0.2) is 0 Å². The topological polar surface area (TPSA) is 16.4 Å². The van der Waals surface area contributed by atoms with Crippen LogP contribution in [0.1, 0.15) is 54.0 Å². The molecule has 0 saturated heterocycles. The zero-order chi connectivity index (χ0) is 42.5. The molecule has 64 heavy (non-hydrogen) atoms. The Hall–Kier alpha value is -7.68. The third kappa shape index (κ3) is 5.65. The number of benzene rings is 10. The van der Waals surface area contributed by atoms with E-state index in [1.807, 2.05) is 0 Å². The van der Waals surface area contributed by atoms with Crippen molar-refractivity contribution in [2.45, 2.75) is 38.0 Å². The minimum Gasteiger partial charge on any atom is -0.456 e. The van der Waals surface area contributed by atoms with Gasteiger partial charge in [-0.15, -0.1) is 0 Å². The first-order valence-electron chi connectivity index (χ1n) is 22.7. The maximum atomic E-state index is 6.77. The molecule has 1 aromatic heterocycles. The van der Waals surface area contributed by atoms with Crippen LogP contribution in [-0.4, -0.2) is 0 Å². The molecule has 11 aromatic rings.